The smallest absolute Gasteiger partial charge is 0.358 e. The number of aromatic nitrogens is 2. The molecule has 0 amide bonds. The first kappa shape index (κ1) is 13.5. The fourth-order valence-corrected chi connectivity index (χ4v) is 1.32. The van der Waals surface area contributed by atoms with Gasteiger partial charge < -0.3 is 9.84 Å². The van der Waals surface area contributed by atoms with Crippen molar-refractivity contribution in [2.45, 2.75) is 40.7 Å². The lowest BCUT2D eigenvalue weighted by atomic mass is 9.92. The molecular formula is C12H20N2O3. The van der Waals surface area contributed by atoms with E-state index in [0.29, 0.717) is 13.2 Å². The van der Waals surface area contributed by atoms with Crippen LogP contribution < -0.4 is 0 Å². The van der Waals surface area contributed by atoms with Crippen molar-refractivity contribution in [2.24, 2.45) is 5.41 Å². The summed E-state index contributed by atoms with van der Waals surface area (Å²) in [5.41, 5.74) is 0.306. The number of nitrogens with zero attached hydrogens (tertiary/aromatic N) is 2. The van der Waals surface area contributed by atoms with E-state index in [2.05, 4.69) is 25.9 Å². The third-order valence-electron chi connectivity index (χ3n) is 2.32. The van der Waals surface area contributed by atoms with Gasteiger partial charge in [-0.15, -0.1) is 0 Å². The van der Waals surface area contributed by atoms with Crippen LogP contribution in [-0.4, -0.2) is 27.5 Å². The maximum atomic E-state index is 11.4. The average molecular weight is 240 g/mol. The van der Waals surface area contributed by atoms with Crippen molar-refractivity contribution in [1.82, 2.24) is 9.78 Å². The summed E-state index contributed by atoms with van der Waals surface area (Å²) in [7, 11) is 0. The Morgan fingerprint density at radius 2 is 2.18 bits per heavy atom. The number of ether oxygens (including phenoxy) is 1. The number of carbonyl (C=O) groups excluding carboxylic acids is 1. The van der Waals surface area contributed by atoms with Crippen molar-refractivity contribution in [2.75, 3.05) is 6.61 Å². The number of aromatic hydroxyl groups is 1. The van der Waals surface area contributed by atoms with Gasteiger partial charge in [0.15, 0.2) is 5.69 Å². The van der Waals surface area contributed by atoms with E-state index in [1.165, 1.54) is 10.7 Å². The molecule has 17 heavy (non-hydrogen) atoms. The van der Waals surface area contributed by atoms with Crippen molar-refractivity contribution in [3.05, 3.63) is 11.8 Å². The van der Waals surface area contributed by atoms with E-state index in [-0.39, 0.29) is 17.0 Å². The summed E-state index contributed by atoms with van der Waals surface area (Å²) in [6, 6.07) is 1.33. The molecule has 0 aliphatic rings. The predicted octanol–water partition coefficient (Wildman–Crippen LogP) is 2.20. The second-order valence-corrected chi connectivity index (χ2v) is 5.14. The summed E-state index contributed by atoms with van der Waals surface area (Å²) in [4.78, 5) is 11.4. The lowest BCUT2D eigenvalue weighted by Gasteiger charge is -2.17. The quantitative estimate of drug-likeness (QED) is 0.819. The van der Waals surface area contributed by atoms with Gasteiger partial charge in [0.1, 0.15) is 0 Å². The maximum absolute atomic E-state index is 11.4. The minimum atomic E-state index is -0.502. The summed E-state index contributed by atoms with van der Waals surface area (Å²) in [6.07, 6.45) is 0.866. The molecule has 5 heteroatoms. The van der Waals surface area contributed by atoms with Gasteiger partial charge in [0.05, 0.1) is 6.61 Å². The minimum Gasteiger partial charge on any atom is -0.493 e. The standard InChI is InChI=1S/C12H20N2O3/c1-5-17-11(16)9-8-10(15)14(13-9)7-6-12(2,3)4/h8,15H,5-7H2,1-4H3. The lowest BCUT2D eigenvalue weighted by molar-refractivity contribution is 0.0518. The Morgan fingerprint density at radius 1 is 1.53 bits per heavy atom. The number of carbonyl (C=O) groups is 1. The average Bonchev–Trinajstić information content (AvgIpc) is 2.56. The minimum absolute atomic E-state index is 0.00250. The summed E-state index contributed by atoms with van der Waals surface area (Å²) in [5, 5.41) is 13.7. The van der Waals surface area contributed by atoms with Crippen molar-refractivity contribution in [1.29, 1.82) is 0 Å². The highest BCUT2D eigenvalue weighted by Crippen LogP contribution is 2.21. The molecule has 1 heterocycles. The molecule has 0 atom stereocenters. The zero-order valence-electron chi connectivity index (χ0n) is 10.9. The van der Waals surface area contributed by atoms with Crippen LogP contribution in [0.15, 0.2) is 6.07 Å². The zero-order chi connectivity index (χ0) is 13.1. The van der Waals surface area contributed by atoms with E-state index in [0.717, 1.165) is 6.42 Å². The lowest BCUT2D eigenvalue weighted by Crippen LogP contribution is -2.12. The van der Waals surface area contributed by atoms with E-state index in [1.807, 2.05) is 0 Å². The van der Waals surface area contributed by atoms with Gasteiger partial charge in [0.25, 0.3) is 0 Å². The van der Waals surface area contributed by atoms with Gasteiger partial charge in [-0.1, -0.05) is 20.8 Å². The molecule has 0 unspecified atom stereocenters. The van der Waals surface area contributed by atoms with Crippen LogP contribution >= 0.6 is 0 Å². The third-order valence-corrected chi connectivity index (χ3v) is 2.32. The molecule has 0 aliphatic heterocycles. The Balaban J connectivity index is 2.72. The molecule has 0 fully saturated rings. The van der Waals surface area contributed by atoms with E-state index >= 15 is 0 Å². The number of aryl methyl sites for hydroxylation is 1. The van der Waals surface area contributed by atoms with Gasteiger partial charge >= 0.3 is 5.97 Å². The molecule has 1 aromatic heterocycles. The number of esters is 1. The van der Waals surface area contributed by atoms with E-state index in [4.69, 9.17) is 4.74 Å². The van der Waals surface area contributed by atoms with E-state index in [9.17, 15) is 9.90 Å². The number of rotatable bonds is 4. The molecular weight excluding hydrogens is 220 g/mol. The summed E-state index contributed by atoms with van der Waals surface area (Å²) in [6.45, 7) is 8.94. The van der Waals surface area contributed by atoms with Crippen LogP contribution in [-0.2, 0) is 11.3 Å². The highest BCUT2D eigenvalue weighted by Gasteiger charge is 2.16. The second-order valence-electron chi connectivity index (χ2n) is 5.14. The van der Waals surface area contributed by atoms with Crippen molar-refractivity contribution in [3.63, 3.8) is 0 Å². The van der Waals surface area contributed by atoms with Crippen LogP contribution in [0.3, 0.4) is 0 Å². The summed E-state index contributed by atoms with van der Waals surface area (Å²) in [5.74, 6) is -0.505. The van der Waals surface area contributed by atoms with Gasteiger partial charge in [0, 0.05) is 12.6 Å². The zero-order valence-corrected chi connectivity index (χ0v) is 10.9. The Kier molecular flexibility index (Phi) is 4.15. The van der Waals surface area contributed by atoms with Crippen molar-refractivity contribution >= 4 is 5.97 Å². The van der Waals surface area contributed by atoms with Crippen molar-refractivity contribution < 1.29 is 14.6 Å². The Labute approximate surface area is 101 Å². The van der Waals surface area contributed by atoms with E-state index in [1.54, 1.807) is 6.92 Å². The molecule has 0 spiro atoms. The van der Waals surface area contributed by atoms with E-state index < -0.39 is 5.97 Å². The third kappa shape index (κ3) is 4.09. The van der Waals surface area contributed by atoms with Gasteiger partial charge in [-0.3, -0.25) is 0 Å². The van der Waals surface area contributed by atoms with Crippen molar-refractivity contribution in [3.8, 4) is 5.88 Å². The first-order valence-corrected chi connectivity index (χ1v) is 5.77. The molecule has 0 aliphatic carbocycles. The fourth-order valence-electron chi connectivity index (χ4n) is 1.32. The molecule has 0 bridgehead atoms. The molecule has 0 saturated carbocycles. The topological polar surface area (TPSA) is 64.3 Å². The first-order chi connectivity index (χ1) is 7.83. The highest BCUT2D eigenvalue weighted by atomic mass is 16.5. The summed E-state index contributed by atoms with van der Waals surface area (Å²) < 4.78 is 6.24. The number of hydrogen-bond donors (Lipinski definition) is 1. The van der Waals surface area contributed by atoms with Gasteiger partial charge in [-0.05, 0) is 18.8 Å². The first-order valence-electron chi connectivity index (χ1n) is 5.77. The van der Waals surface area contributed by atoms with Gasteiger partial charge in [-0.2, -0.15) is 5.10 Å². The van der Waals surface area contributed by atoms with Gasteiger partial charge in [0.2, 0.25) is 5.88 Å². The molecule has 0 radical (unpaired) electrons. The van der Waals surface area contributed by atoms with Crippen LogP contribution in [0.4, 0.5) is 0 Å². The molecule has 96 valence electrons. The largest absolute Gasteiger partial charge is 0.493 e. The van der Waals surface area contributed by atoms with Crippen LogP contribution in [0.1, 0.15) is 44.6 Å². The van der Waals surface area contributed by atoms with Crippen LogP contribution in [0.2, 0.25) is 0 Å². The maximum Gasteiger partial charge on any atom is 0.358 e. The Hall–Kier alpha value is -1.52. The molecule has 1 rings (SSSR count). The number of hydrogen-bond acceptors (Lipinski definition) is 4. The SMILES string of the molecule is CCOC(=O)c1cc(O)n(CCC(C)(C)C)n1. The molecule has 1 N–H and O–H groups in total. The Morgan fingerprint density at radius 3 is 2.71 bits per heavy atom. The van der Waals surface area contributed by atoms with Crippen LogP contribution in [0, 0.1) is 5.41 Å². The normalized spacial score (nSPS) is 11.5. The van der Waals surface area contributed by atoms with Gasteiger partial charge in [-0.25, -0.2) is 9.48 Å². The molecule has 1 aromatic rings. The van der Waals surface area contributed by atoms with Crippen LogP contribution in [0.5, 0.6) is 5.88 Å². The fraction of sp³-hybridized carbons (Fsp3) is 0.667. The predicted molar refractivity (Wildman–Crippen MR) is 63.9 cm³/mol. The molecule has 0 saturated heterocycles. The molecule has 5 nitrogen and oxygen atoms in total. The Bertz CT molecular complexity index is 391. The monoisotopic (exact) mass is 240 g/mol. The summed E-state index contributed by atoms with van der Waals surface area (Å²) >= 11 is 0. The second kappa shape index (κ2) is 5.21. The van der Waals surface area contributed by atoms with Crippen LogP contribution in [0.25, 0.3) is 0 Å². The highest BCUT2D eigenvalue weighted by molar-refractivity contribution is 5.87. The molecule has 0 aromatic carbocycles.